The average molecular weight is 386 g/mol. The van der Waals surface area contributed by atoms with Crippen LogP contribution in [0.2, 0.25) is 0 Å². The van der Waals surface area contributed by atoms with Gasteiger partial charge in [-0.25, -0.2) is 14.3 Å². The molecule has 0 saturated heterocycles. The minimum absolute atomic E-state index is 0.0697. The van der Waals surface area contributed by atoms with Gasteiger partial charge in [-0.2, -0.15) is 5.10 Å². The van der Waals surface area contributed by atoms with Crippen molar-refractivity contribution in [2.75, 3.05) is 13.2 Å². The molecular formula is C19H22N4O5. The molecule has 1 aromatic carbocycles. The molecule has 148 valence electrons. The van der Waals surface area contributed by atoms with E-state index in [4.69, 9.17) is 4.74 Å². The first-order valence-corrected chi connectivity index (χ1v) is 8.69. The van der Waals surface area contributed by atoms with Crippen molar-refractivity contribution in [2.24, 2.45) is 5.92 Å². The summed E-state index contributed by atoms with van der Waals surface area (Å²) in [7, 11) is 0. The van der Waals surface area contributed by atoms with Gasteiger partial charge in [-0.1, -0.05) is 38.1 Å². The molecule has 28 heavy (non-hydrogen) atoms. The van der Waals surface area contributed by atoms with E-state index in [9.17, 15) is 19.2 Å². The number of benzene rings is 1. The Balaban J connectivity index is 2.19. The zero-order valence-corrected chi connectivity index (χ0v) is 15.7. The van der Waals surface area contributed by atoms with Crippen LogP contribution in [0.1, 0.15) is 24.3 Å². The van der Waals surface area contributed by atoms with Crippen LogP contribution in [0, 0.1) is 5.92 Å². The molecular weight excluding hydrogens is 364 g/mol. The van der Waals surface area contributed by atoms with Crippen molar-refractivity contribution in [3.05, 3.63) is 53.0 Å². The first-order chi connectivity index (χ1) is 13.3. The molecule has 0 unspecified atom stereocenters. The van der Waals surface area contributed by atoms with Gasteiger partial charge < -0.3 is 10.1 Å². The highest BCUT2D eigenvalue weighted by Crippen LogP contribution is 2.14. The Kier molecular flexibility index (Phi) is 7.02. The van der Waals surface area contributed by atoms with Crippen molar-refractivity contribution < 1.29 is 19.1 Å². The first kappa shape index (κ1) is 20.8. The predicted octanol–water partition coefficient (Wildman–Crippen LogP) is 1.22. The fraction of sp³-hybridized carbons (Fsp3) is 0.316. The van der Waals surface area contributed by atoms with E-state index in [0.29, 0.717) is 17.3 Å². The van der Waals surface area contributed by atoms with E-state index in [1.165, 1.54) is 10.8 Å². The summed E-state index contributed by atoms with van der Waals surface area (Å²) in [4.78, 5) is 48.2. The van der Waals surface area contributed by atoms with E-state index < -0.39 is 24.5 Å². The molecule has 2 N–H and O–H groups in total. The van der Waals surface area contributed by atoms with Gasteiger partial charge in [0, 0.05) is 18.5 Å². The molecule has 0 atom stereocenters. The van der Waals surface area contributed by atoms with Crippen LogP contribution < -0.4 is 16.2 Å². The number of carbonyl (C=O) groups excluding carboxylic acids is 3. The molecule has 0 bridgehead atoms. The Morgan fingerprint density at radius 1 is 1.25 bits per heavy atom. The second-order valence-corrected chi connectivity index (χ2v) is 6.40. The van der Waals surface area contributed by atoms with Gasteiger partial charge >= 0.3 is 12.0 Å². The Labute approximate surface area is 161 Å². The molecule has 0 radical (unpaired) electrons. The van der Waals surface area contributed by atoms with Gasteiger partial charge in [-0.15, -0.1) is 6.58 Å². The number of hydrogen-bond donors (Lipinski definition) is 2. The standard InChI is InChI=1S/C19H22N4O5/c1-4-9-20-19(27)21-15(24)11-28-18(26)16-13-7-5-6-8-14(13)17(25)23(22-16)10-12(2)3/h4-8,12H,1,9-11H2,2-3H3,(H2,20,21,24,27). The summed E-state index contributed by atoms with van der Waals surface area (Å²) in [6, 6.07) is 5.82. The Bertz CT molecular complexity index is 964. The lowest BCUT2D eigenvalue weighted by atomic mass is 10.1. The minimum Gasteiger partial charge on any atom is -0.451 e. The number of fused-ring (bicyclic) bond motifs is 1. The fourth-order valence-corrected chi connectivity index (χ4v) is 2.43. The Hall–Kier alpha value is -3.49. The molecule has 0 saturated carbocycles. The van der Waals surface area contributed by atoms with E-state index in [-0.39, 0.29) is 23.7 Å². The third-order valence-electron chi connectivity index (χ3n) is 3.59. The van der Waals surface area contributed by atoms with Crippen molar-refractivity contribution >= 4 is 28.7 Å². The zero-order chi connectivity index (χ0) is 20.7. The summed E-state index contributed by atoms with van der Waals surface area (Å²) < 4.78 is 6.19. The van der Waals surface area contributed by atoms with Crippen LogP contribution in [0.25, 0.3) is 10.8 Å². The number of rotatable bonds is 7. The molecule has 0 spiro atoms. The second-order valence-electron chi connectivity index (χ2n) is 6.40. The molecule has 0 aliphatic carbocycles. The van der Waals surface area contributed by atoms with E-state index in [2.05, 4.69) is 17.0 Å². The maximum absolute atomic E-state index is 12.5. The molecule has 2 rings (SSSR count). The maximum atomic E-state index is 12.5. The van der Waals surface area contributed by atoms with Crippen molar-refractivity contribution in [2.45, 2.75) is 20.4 Å². The van der Waals surface area contributed by atoms with Gasteiger partial charge in [0.2, 0.25) is 0 Å². The van der Waals surface area contributed by atoms with E-state index in [1.807, 2.05) is 19.2 Å². The van der Waals surface area contributed by atoms with Gasteiger partial charge in [-0.05, 0) is 12.0 Å². The first-order valence-electron chi connectivity index (χ1n) is 8.69. The third kappa shape index (κ3) is 5.26. The molecule has 0 aliphatic rings. The van der Waals surface area contributed by atoms with Gasteiger partial charge in [0.1, 0.15) is 0 Å². The Morgan fingerprint density at radius 2 is 1.93 bits per heavy atom. The second kappa shape index (κ2) is 9.45. The predicted molar refractivity (Wildman–Crippen MR) is 103 cm³/mol. The number of imide groups is 1. The number of carbonyl (C=O) groups is 3. The lowest BCUT2D eigenvalue weighted by Gasteiger charge is -2.12. The molecule has 2 aromatic rings. The highest BCUT2D eigenvalue weighted by molar-refractivity contribution is 6.03. The average Bonchev–Trinajstić information content (AvgIpc) is 2.66. The summed E-state index contributed by atoms with van der Waals surface area (Å²) in [6.07, 6.45) is 1.45. The van der Waals surface area contributed by atoms with Gasteiger partial charge in [0.25, 0.3) is 11.5 Å². The number of esters is 1. The van der Waals surface area contributed by atoms with E-state index in [1.54, 1.807) is 24.3 Å². The van der Waals surface area contributed by atoms with Crippen molar-refractivity contribution in [3.8, 4) is 0 Å². The van der Waals surface area contributed by atoms with Crippen LogP contribution in [0.3, 0.4) is 0 Å². The number of ether oxygens (including phenoxy) is 1. The van der Waals surface area contributed by atoms with Crippen LogP contribution in [-0.2, 0) is 16.1 Å². The fourth-order valence-electron chi connectivity index (χ4n) is 2.43. The summed E-state index contributed by atoms with van der Waals surface area (Å²) in [5.74, 6) is -1.53. The lowest BCUT2D eigenvalue weighted by Crippen LogP contribution is -2.41. The smallest absolute Gasteiger partial charge is 0.359 e. The van der Waals surface area contributed by atoms with Gasteiger partial charge in [0.05, 0.1) is 5.39 Å². The number of nitrogens with zero attached hydrogens (tertiary/aromatic N) is 2. The largest absolute Gasteiger partial charge is 0.451 e. The molecule has 0 aliphatic heterocycles. The maximum Gasteiger partial charge on any atom is 0.359 e. The number of nitrogens with one attached hydrogen (secondary N) is 2. The molecule has 1 heterocycles. The van der Waals surface area contributed by atoms with Crippen LogP contribution >= 0.6 is 0 Å². The summed E-state index contributed by atoms with van der Waals surface area (Å²) >= 11 is 0. The number of urea groups is 1. The summed E-state index contributed by atoms with van der Waals surface area (Å²) in [6.45, 7) is 7.12. The van der Waals surface area contributed by atoms with Crippen molar-refractivity contribution in [1.29, 1.82) is 0 Å². The van der Waals surface area contributed by atoms with Crippen LogP contribution in [-0.4, -0.2) is 40.8 Å². The quantitative estimate of drug-likeness (QED) is 0.545. The van der Waals surface area contributed by atoms with E-state index in [0.717, 1.165) is 0 Å². The molecule has 0 fully saturated rings. The SMILES string of the molecule is C=CCNC(=O)NC(=O)COC(=O)c1nn(CC(C)C)c(=O)c2ccccc12. The lowest BCUT2D eigenvalue weighted by molar-refractivity contribution is -0.123. The number of aromatic nitrogens is 2. The molecule has 9 heteroatoms. The van der Waals surface area contributed by atoms with Gasteiger partial charge in [0.15, 0.2) is 12.3 Å². The summed E-state index contributed by atoms with van der Waals surface area (Å²) in [5, 5.41) is 9.17. The highest BCUT2D eigenvalue weighted by atomic mass is 16.5. The van der Waals surface area contributed by atoms with Gasteiger partial charge in [-0.3, -0.25) is 14.9 Å². The summed E-state index contributed by atoms with van der Waals surface area (Å²) in [5.41, 5.74) is -0.378. The van der Waals surface area contributed by atoms with E-state index >= 15 is 0 Å². The molecule has 3 amide bonds. The molecule has 1 aromatic heterocycles. The van der Waals surface area contributed by atoms with Crippen LogP contribution in [0.15, 0.2) is 41.7 Å². The normalized spacial score (nSPS) is 10.5. The van der Waals surface area contributed by atoms with Crippen LogP contribution in [0.4, 0.5) is 4.79 Å². The zero-order valence-electron chi connectivity index (χ0n) is 15.7. The highest BCUT2D eigenvalue weighted by Gasteiger charge is 2.19. The minimum atomic E-state index is -0.865. The number of amides is 3. The number of hydrogen-bond acceptors (Lipinski definition) is 6. The molecule has 9 nitrogen and oxygen atoms in total. The topological polar surface area (TPSA) is 119 Å². The Morgan fingerprint density at radius 3 is 2.57 bits per heavy atom. The monoisotopic (exact) mass is 386 g/mol. The third-order valence-corrected chi connectivity index (χ3v) is 3.59. The van der Waals surface area contributed by atoms with Crippen LogP contribution in [0.5, 0.6) is 0 Å². The van der Waals surface area contributed by atoms with Crippen molar-refractivity contribution in [3.63, 3.8) is 0 Å². The van der Waals surface area contributed by atoms with Crippen molar-refractivity contribution in [1.82, 2.24) is 20.4 Å².